The van der Waals surface area contributed by atoms with Crippen molar-refractivity contribution in [2.24, 2.45) is 5.92 Å². The van der Waals surface area contributed by atoms with Gasteiger partial charge in [0.1, 0.15) is 0 Å². The van der Waals surface area contributed by atoms with Crippen molar-refractivity contribution in [2.75, 3.05) is 17.7 Å². The van der Waals surface area contributed by atoms with E-state index < -0.39 is 0 Å². The quantitative estimate of drug-likeness (QED) is 0.679. The summed E-state index contributed by atoms with van der Waals surface area (Å²) in [6.45, 7) is 4.24. The molecular formula is C13H19N3O. The van der Waals surface area contributed by atoms with Crippen molar-refractivity contribution in [1.82, 2.24) is 0 Å². The molecule has 0 fully saturated rings. The van der Waals surface area contributed by atoms with Crippen molar-refractivity contribution in [1.29, 1.82) is 5.26 Å². The maximum absolute atomic E-state index is 9.29. The zero-order valence-electron chi connectivity index (χ0n) is 10.3. The van der Waals surface area contributed by atoms with Crippen molar-refractivity contribution in [3.05, 3.63) is 23.8 Å². The molecule has 1 unspecified atom stereocenters. The zero-order chi connectivity index (χ0) is 12.8. The number of nitrogens with two attached hydrogens (primary N) is 1. The second kappa shape index (κ2) is 6.12. The Morgan fingerprint density at radius 1 is 1.47 bits per heavy atom. The van der Waals surface area contributed by atoms with Crippen LogP contribution >= 0.6 is 0 Å². The molecule has 1 rings (SSSR count). The van der Waals surface area contributed by atoms with Crippen LogP contribution in [0, 0.1) is 17.2 Å². The predicted molar refractivity (Wildman–Crippen MR) is 69.5 cm³/mol. The number of nitrogen functional groups attached to an aromatic ring is 1. The van der Waals surface area contributed by atoms with Crippen LogP contribution in [0.3, 0.4) is 0 Å². The number of rotatable bonds is 5. The number of aliphatic hydroxyl groups excluding tert-OH is 1. The highest BCUT2D eigenvalue weighted by atomic mass is 16.3. The van der Waals surface area contributed by atoms with Crippen LogP contribution in [0.15, 0.2) is 18.2 Å². The largest absolute Gasteiger partial charge is 0.397 e. The molecule has 92 valence electrons. The van der Waals surface area contributed by atoms with Crippen LogP contribution in [0.25, 0.3) is 0 Å². The highest BCUT2D eigenvalue weighted by Crippen LogP contribution is 2.21. The molecule has 1 atom stereocenters. The van der Waals surface area contributed by atoms with E-state index in [4.69, 9.17) is 11.0 Å². The van der Waals surface area contributed by atoms with Crippen LogP contribution in [0.4, 0.5) is 11.4 Å². The first-order chi connectivity index (χ1) is 8.06. The molecular weight excluding hydrogens is 214 g/mol. The number of hydrogen-bond acceptors (Lipinski definition) is 4. The fraction of sp³-hybridized carbons (Fsp3) is 0.462. The van der Waals surface area contributed by atoms with Crippen LogP contribution < -0.4 is 11.1 Å². The van der Waals surface area contributed by atoms with Crippen LogP contribution in [0.1, 0.15) is 25.8 Å². The predicted octanol–water partition coefficient (Wildman–Crippen LogP) is 1.96. The summed E-state index contributed by atoms with van der Waals surface area (Å²) in [5, 5.41) is 21.3. The first-order valence-electron chi connectivity index (χ1n) is 5.73. The molecule has 17 heavy (non-hydrogen) atoms. The van der Waals surface area contributed by atoms with Gasteiger partial charge in [0.25, 0.3) is 0 Å². The van der Waals surface area contributed by atoms with Gasteiger partial charge in [0.15, 0.2) is 0 Å². The van der Waals surface area contributed by atoms with E-state index in [0.29, 0.717) is 22.9 Å². The van der Waals surface area contributed by atoms with Gasteiger partial charge in [-0.25, -0.2) is 0 Å². The molecule has 4 heteroatoms. The van der Waals surface area contributed by atoms with Crippen LogP contribution in [0.2, 0.25) is 0 Å². The Morgan fingerprint density at radius 2 is 2.18 bits per heavy atom. The van der Waals surface area contributed by atoms with Gasteiger partial charge in [-0.15, -0.1) is 0 Å². The molecule has 0 aliphatic heterocycles. The lowest BCUT2D eigenvalue weighted by Gasteiger charge is -2.20. The van der Waals surface area contributed by atoms with E-state index in [1.54, 1.807) is 18.2 Å². The number of aliphatic hydroxyl groups is 1. The lowest BCUT2D eigenvalue weighted by molar-refractivity contribution is 0.259. The lowest BCUT2D eigenvalue weighted by atomic mass is 10.0. The van der Waals surface area contributed by atoms with Gasteiger partial charge in [0.05, 0.1) is 29.6 Å². The van der Waals surface area contributed by atoms with Crippen LogP contribution in [-0.4, -0.2) is 17.8 Å². The minimum atomic E-state index is -0.0359. The molecule has 1 aromatic rings. The molecule has 0 aliphatic rings. The summed E-state index contributed by atoms with van der Waals surface area (Å²) in [7, 11) is 0. The first-order valence-corrected chi connectivity index (χ1v) is 5.73. The third-order valence-corrected chi connectivity index (χ3v) is 2.52. The van der Waals surface area contributed by atoms with E-state index in [9.17, 15) is 5.11 Å². The number of nitrogens with one attached hydrogen (secondary N) is 1. The molecule has 0 bridgehead atoms. The first kappa shape index (κ1) is 13.3. The molecule has 0 heterocycles. The minimum Gasteiger partial charge on any atom is -0.397 e. The van der Waals surface area contributed by atoms with E-state index in [-0.39, 0.29) is 12.6 Å². The molecule has 0 amide bonds. The third-order valence-electron chi connectivity index (χ3n) is 2.52. The van der Waals surface area contributed by atoms with Gasteiger partial charge in [0, 0.05) is 6.04 Å². The molecule has 0 spiro atoms. The van der Waals surface area contributed by atoms with Crippen molar-refractivity contribution >= 4 is 11.4 Å². The summed E-state index contributed by atoms with van der Waals surface area (Å²) in [6, 6.07) is 7.12. The van der Waals surface area contributed by atoms with Crippen LogP contribution in [0.5, 0.6) is 0 Å². The number of nitrogens with zero attached hydrogens (tertiary/aromatic N) is 1. The number of hydrogen-bond donors (Lipinski definition) is 3. The maximum Gasteiger partial charge on any atom is 0.0992 e. The lowest BCUT2D eigenvalue weighted by Crippen LogP contribution is -2.26. The molecule has 0 aliphatic carbocycles. The van der Waals surface area contributed by atoms with Gasteiger partial charge >= 0.3 is 0 Å². The van der Waals surface area contributed by atoms with E-state index in [1.165, 1.54) is 0 Å². The summed E-state index contributed by atoms with van der Waals surface area (Å²) in [6.07, 6.45) is 0.854. The SMILES string of the molecule is CC(C)CC(CO)Nc1cc(C#N)ccc1N. The molecule has 0 aromatic heterocycles. The monoisotopic (exact) mass is 233 g/mol. The highest BCUT2D eigenvalue weighted by molar-refractivity contribution is 5.68. The summed E-state index contributed by atoms with van der Waals surface area (Å²) in [4.78, 5) is 0. The fourth-order valence-electron chi connectivity index (χ4n) is 1.72. The Bertz CT molecular complexity index is 410. The van der Waals surface area contributed by atoms with Crippen molar-refractivity contribution in [2.45, 2.75) is 26.3 Å². The van der Waals surface area contributed by atoms with Gasteiger partial charge in [-0.3, -0.25) is 0 Å². The Morgan fingerprint density at radius 3 is 2.71 bits per heavy atom. The highest BCUT2D eigenvalue weighted by Gasteiger charge is 2.11. The Hall–Kier alpha value is -1.73. The van der Waals surface area contributed by atoms with Gasteiger partial charge in [-0.1, -0.05) is 13.8 Å². The van der Waals surface area contributed by atoms with Crippen LogP contribution in [-0.2, 0) is 0 Å². The zero-order valence-corrected chi connectivity index (χ0v) is 10.3. The summed E-state index contributed by atoms with van der Waals surface area (Å²) >= 11 is 0. The van der Waals surface area contributed by atoms with Gasteiger partial charge < -0.3 is 16.2 Å². The summed E-state index contributed by atoms with van der Waals surface area (Å²) < 4.78 is 0. The van der Waals surface area contributed by atoms with Crippen molar-refractivity contribution in [3.63, 3.8) is 0 Å². The van der Waals surface area contributed by atoms with E-state index in [2.05, 4.69) is 25.2 Å². The topological polar surface area (TPSA) is 82.1 Å². The standard InChI is InChI=1S/C13H19N3O/c1-9(2)5-11(8-17)16-13-6-10(7-14)3-4-12(13)15/h3-4,6,9,11,16-17H,5,8,15H2,1-2H3. The Balaban J connectivity index is 2.82. The van der Waals surface area contributed by atoms with E-state index in [0.717, 1.165) is 6.42 Å². The summed E-state index contributed by atoms with van der Waals surface area (Å²) in [5.41, 5.74) is 7.68. The smallest absolute Gasteiger partial charge is 0.0992 e. The molecule has 4 nitrogen and oxygen atoms in total. The van der Waals surface area contributed by atoms with Gasteiger partial charge in [0.2, 0.25) is 0 Å². The van der Waals surface area contributed by atoms with E-state index >= 15 is 0 Å². The molecule has 1 aromatic carbocycles. The maximum atomic E-state index is 9.29. The Labute approximate surface area is 102 Å². The second-order valence-electron chi connectivity index (χ2n) is 4.57. The molecule has 4 N–H and O–H groups in total. The number of nitriles is 1. The minimum absolute atomic E-state index is 0.0359. The molecule has 0 radical (unpaired) electrons. The Kier molecular flexibility index (Phi) is 4.80. The molecule has 0 saturated carbocycles. The number of anilines is 2. The fourth-order valence-corrected chi connectivity index (χ4v) is 1.72. The average molecular weight is 233 g/mol. The molecule has 0 saturated heterocycles. The average Bonchev–Trinajstić information content (AvgIpc) is 2.30. The van der Waals surface area contributed by atoms with E-state index in [1.807, 2.05) is 0 Å². The second-order valence-corrected chi connectivity index (χ2v) is 4.57. The van der Waals surface area contributed by atoms with Gasteiger partial charge in [-0.05, 0) is 30.5 Å². The summed E-state index contributed by atoms with van der Waals surface area (Å²) in [5.74, 6) is 0.486. The number of benzene rings is 1. The normalized spacial score (nSPS) is 12.2. The van der Waals surface area contributed by atoms with Gasteiger partial charge in [-0.2, -0.15) is 5.26 Å². The third kappa shape index (κ3) is 3.97. The van der Waals surface area contributed by atoms with Crippen molar-refractivity contribution < 1.29 is 5.11 Å². The van der Waals surface area contributed by atoms with Crippen molar-refractivity contribution in [3.8, 4) is 6.07 Å².